The summed E-state index contributed by atoms with van der Waals surface area (Å²) in [6.07, 6.45) is -5.43. The minimum Gasteiger partial charge on any atom is -0.478 e. The fourth-order valence-corrected chi connectivity index (χ4v) is 5.69. The second-order valence-corrected chi connectivity index (χ2v) is 9.82. The molecule has 1 fully saturated rings. The molecule has 1 heterocycles. The van der Waals surface area contributed by atoms with E-state index in [1.165, 1.54) is 0 Å². The van der Waals surface area contributed by atoms with Crippen LogP contribution in [0.5, 0.6) is 5.75 Å². The van der Waals surface area contributed by atoms with Crippen LogP contribution in [0.4, 0.5) is 18.9 Å². The molecule has 0 aliphatic carbocycles. The Labute approximate surface area is 146 Å². The van der Waals surface area contributed by atoms with E-state index in [1.807, 2.05) is 4.72 Å². The number of benzene rings is 1. The number of ether oxygens (including phenoxy) is 1. The lowest BCUT2D eigenvalue weighted by Crippen LogP contribution is -2.36. The van der Waals surface area contributed by atoms with Crippen molar-refractivity contribution >= 4 is 31.5 Å². The molecule has 0 bridgehead atoms. The van der Waals surface area contributed by atoms with Crippen molar-refractivity contribution in [3.8, 4) is 5.75 Å². The molecular formula is C13H14F3NO7S2. The average molecular weight is 417 g/mol. The van der Waals surface area contributed by atoms with Crippen LogP contribution < -0.4 is 9.46 Å². The third-order valence-corrected chi connectivity index (χ3v) is 7.22. The van der Waals surface area contributed by atoms with Crippen molar-refractivity contribution in [1.82, 2.24) is 0 Å². The Balaban J connectivity index is 2.31. The van der Waals surface area contributed by atoms with Gasteiger partial charge in [-0.2, -0.15) is 0 Å². The highest BCUT2D eigenvalue weighted by molar-refractivity contribution is 7.94. The lowest BCUT2D eigenvalue weighted by Gasteiger charge is -2.23. The number of sulfonamides is 1. The number of carboxylic acid groups (broad SMARTS) is 1. The predicted molar refractivity (Wildman–Crippen MR) is 84.3 cm³/mol. The molecule has 13 heteroatoms. The molecule has 0 atom stereocenters. The molecule has 2 N–H and O–H groups in total. The zero-order chi connectivity index (χ0) is 19.8. The van der Waals surface area contributed by atoms with E-state index in [0.717, 1.165) is 12.1 Å². The van der Waals surface area contributed by atoms with E-state index in [9.17, 15) is 34.8 Å². The molecule has 1 aromatic carbocycles. The molecule has 146 valence electrons. The van der Waals surface area contributed by atoms with Crippen molar-refractivity contribution in [2.24, 2.45) is 0 Å². The van der Waals surface area contributed by atoms with Gasteiger partial charge in [0.05, 0.1) is 28.0 Å². The number of anilines is 1. The highest BCUT2D eigenvalue weighted by atomic mass is 32.2. The number of rotatable bonds is 5. The smallest absolute Gasteiger partial charge is 0.478 e. The first-order valence-electron chi connectivity index (χ1n) is 7.14. The molecule has 0 spiro atoms. The largest absolute Gasteiger partial charge is 0.573 e. The number of alkyl halides is 3. The van der Waals surface area contributed by atoms with Gasteiger partial charge >= 0.3 is 12.3 Å². The number of sulfone groups is 1. The maximum atomic E-state index is 12.4. The lowest BCUT2D eigenvalue weighted by molar-refractivity contribution is -0.274. The fourth-order valence-electron chi connectivity index (χ4n) is 2.41. The first-order chi connectivity index (χ1) is 11.8. The lowest BCUT2D eigenvalue weighted by atomic mass is 10.2. The third-order valence-electron chi connectivity index (χ3n) is 3.65. The number of hydrogen-bond donors (Lipinski definition) is 2. The van der Waals surface area contributed by atoms with Crippen LogP contribution in [-0.4, -0.2) is 51.0 Å². The van der Waals surface area contributed by atoms with Crippen LogP contribution in [0, 0.1) is 0 Å². The fraction of sp³-hybridized carbons (Fsp3) is 0.462. The Morgan fingerprint density at radius 2 is 1.81 bits per heavy atom. The van der Waals surface area contributed by atoms with Gasteiger partial charge in [-0.15, -0.1) is 13.2 Å². The van der Waals surface area contributed by atoms with E-state index in [4.69, 9.17) is 5.11 Å². The first kappa shape index (κ1) is 20.3. The Hall–Kier alpha value is -2.02. The summed E-state index contributed by atoms with van der Waals surface area (Å²) in [5, 5.41) is 7.98. The summed E-state index contributed by atoms with van der Waals surface area (Å²) >= 11 is 0. The minimum absolute atomic E-state index is 0.196. The van der Waals surface area contributed by atoms with Crippen LogP contribution in [0.15, 0.2) is 18.2 Å². The number of carbonyl (C=O) groups is 1. The number of aromatic carboxylic acids is 1. The van der Waals surface area contributed by atoms with Crippen LogP contribution in [0.2, 0.25) is 0 Å². The predicted octanol–water partition coefficient (Wildman–Crippen LogP) is 1.60. The molecule has 26 heavy (non-hydrogen) atoms. The van der Waals surface area contributed by atoms with Crippen molar-refractivity contribution < 1.29 is 44.6 Å². The molecule has 1 aliphatic rings. The number of hydrogen-bond acceptors (Lipinski definition) is 6. The molecule has 0 saturated carbocycles. The molecule has 0 aromatic heterocycles. The molecule has 8 nitrogen and oxygen atoms in total. The van der Waals surface area contributed by atoms with Gasteiger partial charge < -0.3 is 9.84 Å². The highest BCUT2D eigenvalue weighted by Crippen LogP contribution is 2.30. The molecular weight excluding hydrogens is 403 g/mol. The normalized spacial score (nSPS) is 18.3. The van der Waals surface area contributed by atoms with Crippen molar-refractivity contribution in [3.63, 3.8) is 0 Å². The van der Waals surface area contributed by atoms with Gasteiger partial charge in [-0.25, -0.2) is 21.6 Å². The van der Waals surface area contributed by atoms with Crippen LogP contribution in [0.3, 0.4) is 0 Å². The van der Waals surface area contributed by atoms with Crippen LogP contribution in [0.25, 0.3) is 0 Å². The van der Waals surface area contributed by atoms with Gasteiger partial charge in [-0.05, 0) is 25.0 Å². The Morgan fingerprint density at radius 3 is 2.31 bits per heavy atom. The second kappa shape index (κ2) is 6.95. The minimum atomic E-state index is -5.04. The first-order valence-corrected chi connectivity index (χ1v) is 10.5. The second-order valence-electron chi connectivity index (χ2n) is 5.56. The van der Waals surface area contributed by atoms with E-state index in [0.29, 0.717) is 6.07 Å². The zero-order valence-electron chi connectivity index (χ0n) is 13.0. The quantitative estimate of drug-likeness (QED) is 0.745. The summed E-state index contributed by atoms with van der Waals surface area (Å²) in [5.74, 6) is -3.05. The third kappa shape index (κ3) is 5.24. The topological polar surface area (TPSA) is 127 Å². The highest BCUT2D eigenvalue weighted by Gasteiger charge is 2.34. The maximum Gasteiger partial charge on any atom is 0.573 e. The number of halogens is 3. The Morgan fingerprint density at radius 1 is 1.23 bits per heavy atom. The van der Waals surface area contributed by atoms with Crippen molar-refractivity contribution in [2.75, 3.05) is 16.2 Å². The van der Waals surface area contributed by atoms with E-state index in [-0.39, 0.29) is 24.3 Å². The zero-order valence-corrected chi connectivity index (χ0v) is 14.6. The summed E-state index contributed by atoms with van der Waals surface area (Å²) in [4.78, 5) is 11.2. The van der Waals surface area contributed by atoms with Gasteiger partial charge in [0.1, 0.15) is 15.6 Å². The van der Waals surface area contributed by atoms with Gasteiger partial charge in [0.25, 0.3) is 0 Å². The molecule has 1 aliphatic heterocycles. The Bertz CT molecular complexity index is 896. The summed E-state index contributed by atoms with van der Waals surface area (Å²) in [7, 11) is -7.55. The molecule has 0 unspecified atom stereocenters. The monoisotopic (exact) mass is 417 g/mol. The van der Waals surface area contributed by atoms with Crippen LogP contribution in [0.1, 0.15) is 23.2 Å². The number of nitrogens with one attached hydrogen (secondary N) is 1. The standard InChI is InChI=1S/C13H14F3NO7S2/c14-13(15,16)24-8-1-2-10(12(18)19)11(7-8)17-26(22,23)9-3-5-25(20,21)6-4-9/h1-2,7,9,17H,3-6H2,(H,18,19). The number of carboxylic acids is 1. The Kier molecular flexibility index (Phi) is 5.42. The van der Waals surface area contributed by atoms with Gasteiger partial charge in [-0.1, -0.05) is 0 Å². The molecule has 2 rings (SSSR count). The van der Waals surface area contributed by atoms with Gasteiger partial charge in [0.2, 0.25) is 10.0 Å². The molecule has 1 aromatic rings. The molecule has 1 saturated heterocycles. The molecule has 0 amide bonds. The molecule has 0 radical (unpaired) electrons. The average Bonchev–Trinajstić information content (AvgIpc) is 2.44. The van der Waals surface area contributed by atoms with Crippen LogP contribution in [-0.2, 0) is 19.9 Å². The van der Waals surface area contributed by atoms with Gasteiger partial charge in [0, 0.05) is 6.07 Å². The van der Waals surface area contributed by atoms with E-state index in [1.54, 1.807) is 0 Å². The summed E-state index contributed by atoms with van der Waals surface area (Å²) in [5.41, 5.74) is -1.18. The van der Waals surface area contributed by atoms with E-state index >= 15 is 0 Å². The maximum absolute atomic E-state index is 12.4. The van der Waals surface area contributed by atoms with Crippen molar-refractivity contribution in [2.45, 2.75) is 24.5 Å². The van der Waals surface area contributed by atoms with Crippen LogP contribution >= 0.6 is 0 Å². The van der Waals surface area contributed by atoms with Crippen molar-refractivity contribution in [1.29, 1.82) is 0 Å². The van der Waals surface area contributed by atoms with Gasteiger partial charge in [0.15, 0.2) is 0 Å². The summed E-state index contributed by atoms with van der Waals surface area (Å²) in [6.45, 7) is 0. The van der Waals surface area contributed by atoms with Gasteiger partial charge in [-0.3, -0.25) is 4.72 Å². The summed E-state index contributed by atoms with van der Waals surface area (Å²) in [6, 6.07) is 2.11. The SMILES string of the molecule is O=C(O)c1ccc(OC(F)(F)F)cc1NS(=O)(=O)C1CCS(=O)(=O)CC1. The van der Waals surface area contributed by atoms with Crippen molar-refractivity contribution in [3.05, 3.63) is 23.8 Å². The van der Waals surface area contributed by atoms with E-state index < -0.39 is 54.4 Å². The van der Waals surface area contributed by atoms with E-state index in [2.05, 4.69) is 4.74 Å². The summed E-state index contributed by atoms with van der Waals surface area (Å²) < 4.78 is 90.0.